The summed E-state index contributed by atoms with van der Waals surface area (Å²) in [5.74, 6) is 0.255. The molecule has 0 aromatic carbocycles. The van der Waals surface area contributed by atoms with Crippen molar-refractivity contribution in [1.29, 1.82) is 0 Å². The molecule has 0 spiro atoms. The van der Waals surface area contributed by atoms with E-state index >= 15 is 0 Å². The van der Waals surface area contributed by atoms with Gasteiger partial charge in [0.05, 0.1) is 0 Å². The Labute approximate surface area is 83.7 Å². The largest absolute Gasteiger partial charge is 0.425 e. The van der Waals surface area contributed by atoms with Crippen molar-refractivity contribution in [3.8, 4) is 0 Å². The first-order valence-corrected chi connectivity index (χ1v) is 5.28. The van der Waals surface area contributed by atoms with Gasteiger partial charge in [0, 0.05) is 6.04 Å². The molecule has 1 aliphatic carbocycles. The smallest absolute Gasteiger partial charge is 0.324 e. The summed E-state index contributed by atoms with van der Waals surface area (Å²) < 4.78 is 37.4. The number of alkyl halides is 3. The molecule has 0 unspecified atom stereocenters. The molecule has 1 atom stereocenters. The SMILES string of the molecule is N[C@@H](c1ccsc1C(F)(F)F)C1CC1. The molecular formula is C9H10F3NS. The third-order valence-electron chi connectivity index (χ3n) is 2.44. The van der Waals surface area contributed by atoms with E-state index in [1.54, 1.807) is 0 Å². The summed E-state index contributed by atoms with van der Waals surface area (Å²) >= 11 is 0.725. The minimum Gasteiger partial charge on any atom is -0.324 e. The Balaban J connectivity index is 2.28. The van der Waals surface area contributed by atoms with Crippen molar-refractivity contribution in [2.24, 2.45) is 11.7 Å². The molecule has 1 aliphatic rings. The first kappa shape index (κ1) is 9.98. The molecule has 2 rings (SSSR count). The van der Waals surface area contributed by atoms with Crippen LogP contribution < -0.4 is 5.73 Å². The third-order valence-corrected chi connectivity index (χ3v) is 3.42. The van der Waals surface area contributed by atoms with Crippen LogP contribution in [0.3, 0.4) is 0 Å². The summed E-state index contributed by atoms with van der Waals surface area (Å²) in [6.07, 6.45) is -2.35. The Kier molecular flexibility index (Phi) is 2.31. The highest BCUT2D eigenvalue weighted by Crippen LogP contribution is 2.45. The Morgan fingerprint density at radius 1 is 1.43 bits per heavy atom. The van der Waals surface area contributed by atoms with Crippen LogP contribution in [0.5, 0.6) is 0 Å². The van der Waals surface area contributed by atoms with Crippen molar-refractivity contribution in [3.63, 3.8) is 0 Å². The highest BCUT2D eigenvalue weighted by molar-refractivity contribution is 7.10. The van der Waals surface area contributed by atoms with Crippen LogP contribution in [0.4, 0.5) is 13.2 Å². The highest BCUT2D eigenvalue weighted by atomic mass is 32.1. The zero-order chi connectivity index (χ0) is 10.3. The monoisotopic (exact) mass is 221 g/mol. The van der Waals surface area contributed by atoms with Crippen LogP contribution in [0.1, 0.15) is 29.3 Å². The molecule has 0 saturated heterocycles. The van der Waals surface area contributed by atoms with E-state index in [4.69, 9.17) is 5.73 Å². The van der Waals surface area contributed by atoms with Gasteiger partial charge in [-0.3, -0.25) is 0 Å². The lowest BCUT2D eigenvalue weighted by molar-refractivity contribution is -0.135. The van der Waals surface area contributed by atoms with Crippen molar-refractivity contribution in [2.75, 3.05) is 0 Å². The summed E-state index contributed by atoms with van der Waals surface area (Å²) in [5.41, 5.74) is 6.02. The zero-order valence-corrected chi connectivity index (χ0v) is 8.16. The molecule has 1 fully saturated rings. The maximum absolute atomic E-state index is 12.5. The van der Waals surface area contributed by atoms with Gasteiger partial charge in [-0.2, -0.15) is 13.2 Å². The van der Waals surface area contributed by atoms with Gasteiger partial charge in [-0.1, -0.05) is 0 Å². The zero-order valence-electron chi connectivity index (χ0n) is 7.34. The van der Waals surface area contributed by atoms with Crippen LogP contribution in [0.15, 0.2) is 11.4 Å². The molecule has 2 N–H and O–H groups in total. The van der Waals surface area contributed by atoms with Gasteiger partial charge < -0.3 is 5.73 Å². The highest BCUT2D eigenvalue weighted by Gasteiger charge is 2.39. The Morgan fingerprint density at radius 2 is 2.07 bits per heavy atom. The van der Waals surface area contributed by atoms with Gasteiger partial charge in [0.1, 0.15) is 4.88 Å². The van der Waals surface area contributed by atoms with Gasteiger partial charge in [0.15, 0.2) is 0 Å². The van der Waals surface area contributed by atoms with E-state index in [0.717, 1.165) is 24.2 Å². The van der Waals surface area contributed by atoms with E-state index in [0.29, 0.717) is 0 Å². The molecule has 1 heterocycles. The summed E-state index contributed by atoms with van der Waals surface area (Å²) in [5, 5.41) is 1.46. The van der Waals surface area contributed by atoms with Crippen LogP contribution in [0, 0.1) is 5.92 Å². The second-order valence-corrected chi connectivity index (χ2v) is 4.48. The van der Waals surface area contributed by atoms with E-state index < -0.39 is 17.1 Å². The fourth-order valence-electron chi connectivity index (χ4n) is 1.52. The molecule has 78 valence electrons. The maximum atomic E-state index is 12.5. The molecule has 1 nitrogen and oxygen atoms in total. The average Bonchev–Trinajstić information content (AvgIpc) is 2.78. The number of hydrogen-bond acceptors (Lipinski definition) is 2. The quantitative estimate of drug-likeness (QED) is 0.815. The lowest BCUT2D eigenvalue weighted by Gasteiger charge is -2.13. The first-order chi connectivity index (χ1) is 6.50. The Morgan fingerprint density at radius 3 is 2.57 bits per heavy atom. The van der Waals surface area contributed by atoms with E-state index in [1.807, 2.05) is 0 Å². The van der Waals surface area contributed by atoms with E-state index in [-0.39, 0.29) is 11.5 Å². The molecule has 1 saturated carbocycles. The number of halogens is 3. The normalized spacial score (nSPS) is 19.7. The van der Waals surface area contributed by atoms with Crippen LogP contribution in [-0.4, -0.2) is 0 Å². The third kappa shape index (κ3) is 1.79. The van der Waals surface area contributed by atoms with Crippen molar-refractivity contribution in [1.82, 2.24) is 0 Å². The molecule has 1 aromatic rings. The number of thiophene rings is 1. The van der Waals surface area contributed by atoms with E-state index in [2.05, 4.69) is 0 Å². The van der Waals surface area contributed by atoms with E-state index in [9.17, 15) is 13.2 Å². The van der Waals surface area contributed by atoms with Gasteiger partial charge >= 0.3 is 6.18 Å². The van der Waals surface area contributed by atoms with Gasteiger partial charge in [-0.05, 0) is 35.8 Å². The van der Waals surface area contributed by atoms with Gasteiger partial charge in [0.2, 0.25) is 0 Å². The minimum absolute atomic E-state index is 0.255. The molecule has 5 heteroatoms. The van der Waals surface area contributed by atoms with Crippen molar-refractivity contribution < 1.29 is 13.2 Å². The molecule has 0 radical (unpaired) electrons. The van der Waals surface area contributed by atoms with Crippen molar-refractivity contribution in [2.45, 2.75) is 25.1 Å². The molecule has 14 heavy (non-hydrogen) atoms. The first-order valence-electron chi connectivity index (χ1n) is 4.40. The summed E-state index contributed by atoms with van der Waals surface area (Å²) in [6.45, 7) is 0. The number of nitrogens with two attached hydrogens (primary N) is 1. The molecule has 1 aromatic heterocycles. The minimum atomic E-state index is -4.25. The van der Waals surface area contributed by atoms with Crippen LogP contribution in [-0.2, 0) is 6.18 Å². The van der Waals surface area contributed by atoms with Crippen molar-refractivity contribution >= 4 is 11.3 Å². The van der Waals surface area contributed by atoms with E-state index in [1.165, 1.54) is 11.4 Å². The molecule has 0 bridgehead atoms. The Hall–Kier alpha value is -0.550. The van der Waals surface area contributed by atoms with Crippen LogP contribution in [0.2, 0.25) is 0 Å². The topological polar surface area (TPSA) is 26.0 Å². The van der Waals surface area contributed by atoms with Gasteiger partial charge in [0.25, 0.3) is 0 Å². The predicted octanol–water partition coefficient (Wildman–Crippen LogP) is 3.18. The van der Waals surface area contributed by atoms with Crippen LogP contribution >= 0.6 is 11.3 Å². The number of rotatable bonds is 2. The summed E-state index contributed by atoms with van der Waals surface area (Å²) in [4.78, 5) is -0.531. The fraction of sp³-hybridized carbons (Fsp3) is 0.556. The molecular weight excluding hydrogens is 211 g/mol. The summed E-state index contributed by atoms with van der Waals surface area (Å²) in [6, 6.07) is 1.06. The van der Waals surface area contributed by atoms with Crippen LogP contribution in [0.25, 0.3) is 0 Å². The van der Waals surface area contributed by atoms with Gasteiger partial charge in [-0.25, -0.2) is 0 Å². The molecule has 0 amide bonds. The lowest BCUT2D eigenvalue weighted by atomic mass is 10.0. The van der Waals surface area contributed by atoms with Gasteiger partial charge in [-0.15, -0.1) is 11.3 Å². The maximum Gasteiger partial charge on any atom is 0.425 e. The lowest BCUT2D eigenvalue weighted by Crippen LogP contribution is -2.16. The average molecular weight is 221 g/mol. The van der Waals surface area contributed by atoms with Crippen molar-refractivity contribution in [3.05, 3.63) is 21.9 Å². The summed E-state index contributed by atoms with van der Waals surface area (Å²) in [7, 11) is 0. The standard InChI is InChI=1S/C9H10F3NS/c10-9(11,12)8-6(3-4-14-8)7(13)5-1-2-5/h3-5,7H,1-2,13H2/t7-/m1/s1. The number of hydrogen-bond donors (Lipinski definition) is 1. The fourth-order valence-corrected chi connectivity index (χ4v) is 2.35. The Bertz CT molecular complexity index is 327. The molecule has 0 aliphatic heterocycles. The second-order valence-electron chi connectivity index (χ2n) is 3.57. The second kappa shape index (κ2) is 3.24. The predicted molar refractivity (Wildman–Crippen MR) is 49.0 cm³/mol.